The Morgan fingerprint density at radius 1 is 1.48 bits per heavy atom. The number of nitrogens with one attached hydrogen (secondary N) is 1. The van der Waals surface area contributed by atoms with Gasteiger partial charge in [0.15, 0.2) is 0 Å². The number of ether oxygens (including phenoxy) is 1. The number of benzene rings is 1. The minimum absolute atomic E-state index is 0.0835. The van der Waals surface area contributed by atoms with E-state index in [1.807, 2.05) is 30.1 Å². The molecule has 0 aromatic heterocycles. The first-order chi connectivity index (χ1) is 10.2. The van der Waals surface area contributed by atoms with Gasteiger partial charge in [-0.1, -0.05) is 15.9 Å². The van der Waals surface area contributed by atoms with Gasteiger partial charge in [-0.3, -0.25) is 4.79 Å². The number of carbonyl (C=O) groups is 1. The van der Waals surface area contributed by atoms with Crippen LogP contribution < -0.4 is 10.1 Å². The number of amides is 1. The lowest BCUT2D eigenvalue weighted by Crippen LogP contribution is -2.44. The fourth-order valence-corrected chi connectivity index (χ4v) is 3.22. The van der Waals surface area contributed by atoms with Crippen LogP contribution in [0.15, 0.2) is 22.7 Å². The molecule has 1 unspecified atom stereocenters. The van der Waals surface area contributed by atoms with Gasteiger partial charge in [0, 0.05) is 17.1 Å². The molecule has 0 radical (unpaired) electrons. The van der Waals surface area contributed by atoms with Crippen LogP contribution in [0.4, 0.5) is 0 Å². The molecule has 1 atom stereocenters. The molecule has 1 fully saturated rings. The Morgan fingerprint density at radius 3 is 3.00 bits per heavy atom. The number of likely N-dealkylation sites (tertiary alicyclic amines) is 1. The third-order valence-electron chi connectivity index (χ3n) is 4.01. The molecule has 0 saturated carbocycles. The molecule has 1 amide bonds. The normalized spacial score (nSPS) is 18.6. The summed E-state index contributed by atoms with van der Waals surface area (Å²) in [4.78, 5) is 14.9. The lowest BCUT2D eigenvalue weighted by molar-refractivity contribution is 0.0599. The number of halogens is 1. The number of rotatable bonds is 5. The zero-order valence-corrected chi connectivity index (χ0v) is 14.3. The fraction of sp³-hybridized carbons (Fsp3) is 0.562. The highest BCUT2D eigenvalue weighted by atomic mass is 79.9. The van der Waals surface area contributed by atoms with Crippen molar-refractivity contribution in [2.45, 2.75) is 31.7 Å². The topological polar surface area (TPSA) is 41.6 Å². The molecule has 1 saturated heterocycles. The van der Waals surface area contributed by atoms with E-state index >= 15 is 0 Å². The minimum atomic E-state index is 0.0835. The number of hydrogen-bond acceptors (Lipinski definition) is 3. The monoisotopic (exact) mass is 354 g/mol. The average Bonchev–Trinajstić information content (AvgIpc) is 2.52. The summed E-state index contributed by atoms with van der Waals surface area (Å²) in [5.74, 6) is 0.715. The van der Waals surface area contributed by atoms with Crippen LogP contribution in [0, 0.1) is 0 Å². The maximum absolute atomic E-state index is 12.9. The molecular formula is C16H23BrN2O2. The van der Waals surface area contributed by atoms with Crippen LogP contribution in [-0.2, 0) is 0 Å². The largest absolute Gasteiger partial charge is 0.496 e. The van der Waals surface area contributed by atoms with Gasteiger partial charge in [-0.2, -0.15) is 0 Å². The summed E-state index contributed by atoms with van der Waals surface area (Å²) in [7, 11) is 3.56. The Morgan fingerprint density at radius 2 is 2.29 bits per heavy atom. The summed E-state index contributed by atoms with van der Waals surface area (Å²) >= 11 is 3.42. The van der Waals surface area contributed by atoms with E-state index in [-0.39, 0.29) is 5.91 Å². The molecule has 4 nitrogen and oxygen atoms in total. The Bertz CT molecular complexity index is 493. The Labute approximate surface area is 135 Å². The van der Waals surface area contributed by atoms with E-state index in [2.05, 4.69) is 21.2 Å². The van der Waals surface area contributed by atoms with Gasteiger partial charge in [0.25, 0.3) is 5.91 Å². The molecule has 1 aliphatic heterocycles. The minimum Gasteiger partial charge on any atom is -0.496 e. The quantitative estimate of drug-likeness (QED) is 0.883. The Balaban J connectivity index is 2.20. The van der Waals surface area contributed by atoms with E-state index in [0.29, 0.717) is 17.4 Å². The maximum atomic E-state index is 12.9. The SMILES string of the molecule is CNCCC1CCCCN1C(=O)c1ccc(Br)cc1OC. The summed E-state index contributed by atoms with van der Waals surface area (Å²) in [6.07, 6.45) is 4.38. The van der Waals surface area contributed by atoms with Crippen molar-refractivity contribution in [2.24, 2.45) is 0 Å². The number of carbonyl (C=O) groups excluding carboxylic acids is 1. The van der Waals surface area contributed by atoms with Gasteiger partial charge < -0.3 is 15.0 Å². The number of methoxy groups -OCH3 is 1. The number of hydrogen-bond donors (Lipinski definition) is 1. The molecule has 0 aliphatic carbocycles. The van der Waals surface area contributed by atoms with Gasteiger partial charge in [0.1, 0.15) is 5.75 Å². The van der Waals surface area contributed by atoms with Crippen LogP contribution in [-0.4, -0.2) is 44.1 Å². The molecule has 2 rings (SSSR count). The predicted octanol–water partition coefficient (Wildman–Crippen LogP) is 3.06. The van der Waals surface area contributed by atoms with E-state index in [1.165, 1.54) is 6.42 Å². The summed E-state index contributed by atoms with van der Waals surface area (Å²) < 4.78 is 6.28. The maximum Gasteiger partial charge on any atom is 0.257 e. The van der Waals surface area contributed by atoms with E-state index in [1.54, 1.807) is 7.11 Å². The van der Waals surface area contributed by atoms with Gasteiger partial charge in [0.05, 0.1) is 12.7 Å². The molecule has 1 heterocycles. The van der Waals surface area contributed by atoms with Gasteiger partial charge in [-0.15, -0.1) is 0 Å². The first kappa shape index (κ1) is 16.3. The van der Waals surface area contributed by atoms with Gasteiger partial charge in [0.2, 0.25) is 0 Å². The van der Waals surface area contributed by atoms with Crippen molar-refractivity contribution >= 4 is 21.8 Å². The third-order valence-corrected chi connectivity index (χ3v) is 4.50. The Kier molecular flexibility index (Phi) is 6.06. The van der Waals surface area contributed by atoms with Gasteiger partial charge in [-0.25, -0.2) is 0 Å². The molecular weight excluding hydrogens is 332 g/mol. The molecule has 0 spiro atoms. The molecule has 0 bridgehead atoms. The van der Waals surface area contributed by atoms with E-state index < -0.39 is 0 Å². The number of nitrogens with zero attached hydrogens (tertiary/aromatic N) is 1. The van der Waals surface area contributed by atoms with E-state index in [4.69, 9.17) is 4.74 Å². The lowest BCUT2D eigenvalue weighted by atomic mass is 9.98. The molecule has 1 N–H and O–H groups in total. The summed E-state index contributed by atoms with van der Waals surface area (Å²) in [6.45, 7) is 1.78. The summed E-state index contributed by atoms with van der Waals surface area (Å²) in [5.41, 5.74) is 0.650. The molecule has 21 heavy (non-hydrogen) atoms. The second kappa shape index (κ2) is 7.80. The highest BCUT2D eigenvalue weighted by molar-refractivity contribution is 9.10. The molecule has 1 aliphatic rings. The highest BCUT2D eigenvalue weighted by Crippen LogP contribution is 2.28. The van der Waals surface area contributed by atoms with E-state index in [0.717, 1.165) is 36.8 Å². The summed E-state index contributed by atoms with van der Waals surface area (Å²) in [6, 6.07) is 5.91. The smallest absolute Gasteiger partial charge is 0.257 e. The van der Waals surface area contributed by atoms with Crippen LogP contribution in [0.25, 0.3) is 0 Å². The van der Waals surface area contributed by atoms with Crippen molar-refractivity contribution in [3.63, 3.8) is 0 Å². The molecule has 116 valence electrons. The highest BCUT2D eigenvalue weighted by Gasteiger charge is 2.28. The zero-order chi connectivity index (χ0) is 15.2. The van der Waals surface area contributed by atoms with E-state index in [9.17, 15) is 4.79 Å². The fourth-order valence-electron chi connectivity index (χ4n) is 2.88. The van der Waals surface area contributed by atoms with Crippen molar-refractivity contribution in [3.8, 4) is 5.75 Å². The summed E-state index contributed by atoms with van der Waals surface area (Å²) in [5, 5.41) is 3.18. The lowest BCUT2D eigenvalue weighted by Gasteiger charge is -2.36. The number of piperidine rings is 1. The van der Waals surface area contributed by atoms with Crippen LogP contribution in [0.3, 0.4) is 0 Å². The van der Waals surface area contributed by atoms with Crippen LogP contribution in [0.1, 0.15) is 36.0 Å². The van der Waals surface area contributed by atoms with Crippen LogP contribution >= 0.6 is 15.9 Å². The molecule has 5 heteroatoms. The Hall–Kier alpha value is -1.07. The average molecular weight is 355 g/mol. The van der Waals surface area contributed by atoms with Crippen LogP contribution in [0.2, 0.25) is 0 Å². The van der Waals surface area contributed by atoms with Crippen molar-refractivity contribution in [3.05, 3.63) is 28.2 Å². The van der Waals surface area contributed by atoms with Crippen molar-refractivity contribution in [1.82, 2.24) is 10.2 Å². The van der Waals surface area contributed by atoms with Crippen molar-refractivity contribution in [2.75, 3.05) is 27.2 Å². The first-order valence-electron chi connectivity index (χ1n) is 7.46. The third kappa shape index (κ3) is 3.98. The molecule has 1 aromatic carbocycles. The van der Waals surface area contributed by atoms with Crippen molar-refractivity contribution in [1.29, 1.82) is 0 Å². The van der Waals surface area contributed by atoms with Gasteiger partial charge in [-0.05, 0) is 57.5 Å². The first-order valence-corrected chi connectivity index (χ1v) is 8.25. The predicted molar refractivity (Wildman–Crippen MR) is 87.9 cm³/mol. The second-order valence-corrected chi connectivity index (χ2v) is 6.30. The molecule has 1 aromatic rings. The second-order valence-electron chi connectivity index (χ2n) is 5.38. The van der Waals surface area contributed by atoms with Crippen LogP contribution in [0.5, 0.6) is 5.75 Å². The van der Waals surface area contributed by atoms with Crippen molar-refractivity contribution < 1.29 is 9.53 Å². The zero-order valence-electron chi connectivity index (χ0n) is 12.7. The standard InChI is InChI=1S/C16H23BrN2O2/c1-18-9-8-13-5-3-4-10-19(13)16(20)14-7-6-12(17)11-15(14)21-2/h6-7,11,13,18H,3-5,8-10H2,1-2H3. The van der Waals surface area contributed by atoms with Gasteiger partial charge >= 0.3 is 0 Å².